The van der Waals surface area contributed by atoms with Crippen molar-refractivity contribution in [3.05, 3.63) is 88.0 Å². The highest BCUT2D eigenvalue weighted by molar-refractivity contribution is 7.08. The van der Waals surface area contributed by atoms with Gasteiger partial charge in [-0.1, -0.05) is 36.4 Å². The van der Waals surface area contributed by atoms with Crippen molar-refractivity contribution in [2.24, 2.45) is 0 Å². The average Bonchev–Trinajstić information content (AvgIpc) is 3.43. The summed E-state index contributed by atoms with van der Waals surface area (Å²) in [7, 11) is 0. The molecule has 0 amide bonds. The van der Waals surface area contributed by atoms with Crippen LogP contribution in [-0.4, -0.2) is 0 Å². The summed E-state index contributed by atoms with van der Waals surface area (Å²) in [4.78, 5) is 2.29. The Kier molecular flexibility index (Phi) is 3.45. The molecule has 0 aliphatic rings. The molecule has 0 radical (unpaired) electrons. The van der Waals surface area contributed by atoms with Crippen LogP contribution in [0.4, 0.5) is 21.5 Å². The molecule has 0 saturated heterocycles. The molecule has 6 aromatic rings. The zero-order valence-electron chi connectivity index (χ0n) is 14.7. The van der Waals surface area contributed by atoms with Gasteiger partial charge in [0.2, 0.25) is 0 Å². The van der Waals surface area contributed by atoms with E-state index < -0.39 is 0 Å². The highest BCUT2D eigenvalue weighted by atomic mass is 32.1. The van der Waals surface area contributed by atoms with Gasteiger partial charge in [0.15, 0.2) is 0 Å². The minimum Gasteiger partial charge on any atom is -0.308 e. The van der Waals surface area contributed by atoms with Gasteiger partial charge in [0, 0.05) is 26.9 Å². The molecule has 0 bridgehead atoms. The van der Waals surface area contributed by atoms with E-state index in [1.54, 1.807) is 28.7 Å². The second-order valence-corrected chi connectivity index (χ2v) is 8.41. The van der Waals surface area contributed by atoms with Gasteiger partial charge in [-0.3, -0.25) is 0 Å². The van der Waals surface area contributed by atoms with E-state index in [9.17, 15) is 4.39 Å². The number of rotatable bonds is 3. The maximum Gasteiger partial charge on any atom is 0.131 e. The Morgan fingerprint density at radius 1 is 0.607 bits per heavy atom. The molecule has 1 nitrogen and oxygen atoms in total. The molecular weight excluding hydrogens is 385 g/mol. The van der Waals surface area contributed by atoms with Crippen molar-refractivity contribution in [3.8, 4) is 0 Å². The number of benzene rings is 4. The summed E-state index contributed by atoms with van der Waals surface area (Å²) in [6, 6.07) is 20.2. The second kappa shape index (κ2) is 6.03. The van der Waals surface area contributed by atoms with Gasteiger partial charge in [0.25, 0.3) is 0 Å². The lowest BCUT2D eigenvalue weighted by Crippen LogP contribution is -2.08. The number of anilines is 3. The van der Waals surface area contributed by atoms with Gasteiger partial charge in [-0.25, -0.2) is 4.39 Å². The summed E-state index contributed by atoms with van der Waals surface area (Å²) in [5.41, 5.74) is 3.40. The van der Waals surface area contributed by atoms with E-state index in [2.05, 4.69) is 62.8 Å². The van der Waals surface area contributed by atoms with Crippen LogP contribution in [0.2, 0.25) is 0 Å². The van der Waals surface area contributed by atoms with Crippen LogP contribution in [0.3, 0.4) is 0 Å². The Morgan fingerprint density at radius 3 is 1.82 bits per heavy atom. The number of nitrogens with zero attached hydrogens (tertiary/aromatic N) is 1. The standard InChI is InChI=1S/C24H14FNS2/c25-21-7-3-15-2-6-20-22(8-4-16-1-5-19(21)23(15)24(16)20)26(17-9-11-27-13-17)18-10-12-28-14-18/h1-14H. The first-order chi connectivity index (χ1) is 13.8. The van der Waals surface area contributed by atoms with Crippen LogP contribution in [0.15, 0.2) is 82.2 Å². The summed E-state index contributed by atoms with van der Waals surface area (Å²) in [5.74, 6) is -0.167. The molecule has 0 aliphatic heterocycles. The monoisotopic (exact) mass is 399 g/mol. The highest BCUT2D eigenvalue weighted by Crippen LogP contribution is 2.44. The third-order valence-electron chi connectivity index (χ3n) is 5.36. The van der Waals surface area contributed by atoms with Crippen LogP contribution < -0.4 is 4.90 Å². The zero-order valence-corrected chi connectivity index (χ0v) is 16.4. The van der Waals surface area contributed by atoms with Crippen LogP contribution in [0, 0.1) is 5.82 Å². The summed E-state index contributed by atoms with van der Waals surface area (Å²) in [5, 5.41) is 14.7. The summed E-state index contributed by atoms with van der Waals surface area (Å²) >= 11 is 3.38. The quantitative estimate of drug-likeness (QED) is 0.270. The lowest BCUT2D eigenvalue weighted by atomic mass is 9.93. The van der Waals surface area contributed by atoms with Gasteiger partial charge in [0.1, 0.15) is 5.82 Å². The predicted octanol–water partition coefficient (Wildman–Crippen LogP) is 8.32. The van der Waals surface area contributed by atoms with Gasteiger partial charge < -0.3 is 4.90 Å². The normalized spacial score (nSPS) is 11.8. The molecule has 0 unspecified atom stereocenters. The lowest BCUT2D eigenvalue weighted by molar-refractivity contribution is 0.640. The predicted molar refractivity (Wildman–Crippen MR) is 121 cm³/mol. The molecule has 2 aromatic heterocycles. The first kappa shape index (κ1) is 16.0. The molecule has 4 heteroatoms. The molecule has 4 aromatic carbocycles. The van der Waals surface area contributed by atoms with E-state index in [0.717, 1.165) is 44.0 Å². The number of halogens is 1. The van der Waals surface area contributed by atoms with Crippen molar-refractivity contribution in [1.82, 2.24) is 0 Å². The molecule has 2 heterocycles. The van der Waals surface area contributed by atoms with Crippen molar-refractivity contribution < 1.29 is 4.39 Å². The van der Waals surface area contributed by atoms with Crippen LogP contribution in [0.25, 0.3) is 32.3 Å². The Balaban J connectivity index is 1.75. The van der Waals surface area contributed by atoms with Crippen LogP contribution >= 0.6 is 22.7 Å². The Morgan fingerprint density at radius 2 is 1.18 bits per heavy atom. The molecule has 0 fully saturated rings. The fraction of sp³-hybridized carbons (Fsp3) is 0. The Labute approximate surface area is 169 Å². The minimum atomic E-state index is -0.167. The molecule has 0 atom stereocenters. The third-order valence-corrected chi connectivity index (χ3v) is 6.70. The van der Waals surface area contributed by atoms with Gasteiger partial charge in [-0.05, 0) is 51.2 Å². The van der Waals surface area contributed by atoms with E-state index in [-0.39, 0.29) is 5.82 Å². The fourth-order valence-corrected chi connectivity index (χ4v) is 5.38. The largest absolute Gasteiger partial charge is 0.308 e. The zero-order chi connectivity index (χ0) is 18.7. The molecule has 0 saturated carbocycles. The highest BCUT2D eigenvalue weighted by Gasteiger charge is 2.19. The van der Waals surface area contributed by atoms with Crippen LogP contribution in [0.1, 0.15) is 0 Å². The average molecular weight is 400 g/mol. The van der Waals surface area contributed by atoms with Gasteiger partial charge in [-0.15, -0.1) is 0 Å². The molecular formula is C24H14FNS2. The van der Waals surface area contributed by atoms with Crippen molar-refractivity contribution in [3.63, 3.8) is 0 Å². The first-order valence-electron chi connectivity index (χ1n) is 9.02. The molecule has 28 heavy (non-hydrogen) atoms. The summed E-state index contributed by atoms with van der Waals surface area (Å²) in [6.45, 7) is 0. The SMILES string of the molecule is Fc1ccc2ccc3c(N(c4ccsc4)c4ccsc4)ccc4ccc1c2c43. The van der Waals surface area contributed by atoms with Crippen molar-refractivity contribution in [2.45, 2.75) is 0 Å². The summed E-state index contributed by atoms with van der Waals surface area (Å²) in [6.07, 6.45) is 0. The van der Waals surface area contributed by atoms with E-state index in [0.29, 0.717) is 5.39 Å². The molecule has 134 valence electrons. The Hall–Kier alpha value is -2.95. The maximum absolute atomic E-state index is 14.5. The maximum atomic E-state index is 14.5. The van der Waals surface area contributed by atoms with Gasteiger partial charge >= 0.3 is 0 Å². The smallest absolute Gasteiger partial charge is 0.131 e. The fourth-order valence-electron chi connectivity index (χ4n) is 4.14. The van der Waals surface area contributed by atoms with E-state index in [1.165, 1.54) is 0 Å². The van der Waals surface area contributed by atoms with Crippen LogP contribution in [0.5, 0.6) is 0 Å². The third kappa shape index (κ3) is 2.22. The first-order valence-corrected chi connectivity index (χ1v) is 10.9. The topological polar surface area (TPSA) is 3.24 Å². The van der Waals surface area contributed by atoms with Crippen molar-refractivity contribution in [1.29, 1.82) is 0 Å². The van der Waals surface area contributed by atoms with E-state index in [1.807, 2.05) is 18.2 Å². The summed E-state index contributed by atoms with van der Waals surface area (Å²) < 4.78 is 14.5. The van der Waals surface area contributed by atoms with Gasteiger partial charge in [0.05, 0.1) is 17.1 Å². The lowest BCUT2D eigenvalue weighted by Gasteiger charge is -2.25. The molecule has 0 N–H and O–H groups in total. The Bertz CT molecular complexity index is 1380. The molecule has 0 aliphatic carbocycles. The minimum absolute atomic E-state index is 0.167. The molecule has 0 spiro atoms. The van der Waals surface area contributed by atoms with Crippen molar-refractivity contribution in [2.75, 3.05) is 4.90 Å². The van der Waals surface area contributed by atoms with Crippen molar-refractivity contribution >= 4 is 72.1 Å². The number of hydrogen-bond donors (Lipinski definition) is 0. The van der Waals surface area contributed by atoms with Gasteiger partial charge in [-0.2, -0.15) is 22.7 Å². The van der Waals surface area contributed by atoms with E-state index >= 15 is 0 Å². The van der Waals surface area contributed by atoms with Crippen LogP contribution in [-0.2, 0) is 0 Å². The number of thiophene rings is 2. The van der Waals surface area contributed by atoms with E-state index in [4.69, 9.17) is 0 Å². The second-order valence-electron chi connectivity index (χ2n) is 6.85. The molecule has 6 rings (SSSR count). The number of hydrogen-bond acceptors (Lipinski definition) is 3.